The van der Waals surface area contributed by atoms with E-state index in [2.05, 4.69) is 0 Å². The van der Waals surface area contributed by atoms with Crippen LogP contribution in [0.3, 0.4) is 0 Å². The van der Waals surface area contributed by atoms with Gasteiger partial charge in [0.05, 0.1) is 19.9 Å². The smallest absolute Gasteiger partial charge is 0.227 e. The number of amides is 1. The lowest BCUT2D eigenvalue weighted by atomic mass is 10.1. The third-order valence-electron chi connectivity index (χ3n) is 3.21. The lowest BCUT2D eigenvalue weighted by Gasteiger charge is -2.20. The number of rotatable bonds is 4. The molecule has 2 rings (SSSR count). The van der Waals surface area contributed by atoms with Gasteiger partial charge in [-0.15, -0.1) is 0 Å². The van der Waals surface area contributed by atoms with E-state index in [4.69, 9.17) is 15.2 Å². The highest BCUT2D eigenvalue weighted by molar-refractivity contribution is 5.97. The molecule has 98 valence electrons. The maximum absolute atomic E-state index is 12.0. The van der Waals surface area contributed by atoms with Crippen LogP contribution in [-0.2, 0) is 4.79 Å². The summed E-state index contributed by atoms with van der Waals surface area (Å²) in [6.45, 7) is 1.16. The van der Waals surface area contributed by atoms with Crippen LogP contribution in [-0.4, -0.2) is 33.2 Å². The fourth-order valence-corrected chi connectivity index (χ4v) is 2.25. The van der Waals surface area contributed by atoms with Crippen LogP contribution in [0.5, 0.6) is 11.5 Å². The maximum Gasteiger partial charge on any atom is 0.227 e. The lowest BCUT2D eigenvalue weighted by molar-refractivity contribution is -0.117. The summed E-state index contributed by atoms with van der Waals surface area (Å²) in [5, 5.41) is 0. The Morgan fingerprint density at radius 2 is 2.17 bits per heavy atom. The average molecular weight is 250 g/mol. The number of benzene rings is 1. The standard InChI is InChI=1S/C13H18N2O3/c1-17-11-5-3-4-10(13(11)18-2)15-8-9(7-14)6-12(15)16/h3-5,9H,6-8,14H2,1-2H3. The zero-order chi connectivity index (χ0) is 13.1. The normalized spacial score (nSPS) is 19.2. The molecule has 1 unspecified atom stereocenters. The molecule has 1 amide bonds. The average Bonchev–Trinajstić information content (AvgIpc) is 2.78. The molecule has 0 aliphatic carbocycles. The second-order valence-corrected chi connectivity index (χ2v) is 4.32. The van der Waals surface area contributed by atoms with E-state index in [0.717, 1.165) is 5.69 Å². The Morgan fingerprint density at radius 1 is 1.39 bits per heavy atom. The van der Waals surface area contributed by atoms with Gasteiger partial charge in [0.25, 0.3) is 0 Å². The number of hydrogen-bond donors (Lipinski definition) is 1. The van der Waals surface area contributed by atoms with E-state index >= 15 is 0 Å². The summed E-state index contributed by atoms with van der Waals surface area (Å²) in [4.78, 5) is 13.7. The molecule has 1 fully saturated rings. The van der Waals surface area contributed by atoms with Crippen LogP contribution in [0.25, 0.3) is 0 Å². The van der Waals surface area contributed by atoms with Gasteiger partial charge in [-0.3, -0.25) is 4.79 Å². The number of para-hydroxylation sites is 1. The molecule has 0 radical (unpaired) electrons. The molecule has 0 saturated carbocycles. The molecule has 1 aromatic carbocycles. The van der Waals surface area contributed by atoms with Crippen molar-refractivity contribution in [2.45, 2.75) is 6.42 Å². The van der Waals surface area contributed by atoms with E-state index in [0.29, 0.717) is 31.0 Å². The Labute approximate surface area is 106 Å². The first kappa shape index (κ1) is 12.7. The molecule has 1 heterocycles. The molecule has 5 nitrogen and oxygen atoms in total. The first-order valence-electron chi connectivity index (χ1n) is 5.92. The quantitative estimate of drug-likeness (QED) is 0.866. The van der Waals surface area contributed by atoms with Gasteiger partial charge < -0.3 is 20.1 Å². The van der Waals surface area contributed by atoms with Gasteiger partial charge in [0.15, 0.2) is 11.5 Å². The van der Waals surface area contributed by atoms with Gasteiger partial charge in [0, 0.05) is 13.0 Å². The van der Waals surface area contributed by atoms with Crippen LogP contribution >= 0.6 is 0 Å². The molecule has 1 aliphatic rings. The number of methoxy groups -OCH3 is 2. The van der Waals surface area contributed by atoms with Crippen molar-refractivity contribution in [3.63, 3.8) is 0 Å². The van der Waals surface area contributed by atoms with Crippen molar-refractivity contribution in [1.82, 2.24) is 0 Å². The van der Waals surface area contributed by atoms with Crippen LogP contribution in [0.2, 0.25) is 0 Å². The van der Waals surface area contributed by atoms with Crippen molar-refractivity contribution >= 4 is 11.6 Å². The predicted molar refractivity (Wildman–Crippen MR) is 69.1 cm³/mol. The Hall–Kier alpha value is -1.75. The van der Waals surface area contributed by atoms with E-state index in [1.807, 2.05) is 18.2 Å². The Balaban J connectivity index is 2.36. The molecule has 5 heteroatoms. The molecule has 1 aliphatic heterocycles. The molecular formula is C13H18N2O3. The molecule has 1 atom stereocenters. The summed E-state index contributed by atoms with van der Waals surface area (Å²) in [7, 11) is 3.15. The number of carbonyl (C=O) groups is 1. The highest BCUT2D eigenvalue weighted by Crippen LogP contribution is 2.39. The van der Waals surface area contributed by atoms with Gasteiger partial charge in [-0.05, 0) is 24.6 Å². The maximum atomic E-state index is 12.0. The minimum absolute atomic E-state index is 0.0806. The Morgan fingerprint density at radius 3 is 2.72 bits per heavy atom. The van der Waals surface area contributed by atoms with Gasteiger partial charge in [0.1, 0.15) is 0 Å². The summed E-state index contributed by atoms with van der Waals surface area (Å²) in [5.41, 5.74) is 6.38. The Kier molecular flexibility index (Phi) is 3.72. The second-order valence-electron chi connectivity index (χ2n) is 4.32. The lowest BCUT2D eigenvalue weighted by Crippen LogP contribution is -2.26. The molecule has 1 aromatic rings. The first-order valence-corrected chi connectivity index (χ1v) is 5.92. The SMILES string of the molecule is COc1cccc(N2CC(CN)CC2=O)c1OC. The summed E-state index contributed by atoms with van der Waals surface area (Å²) in [5.74, 6) is 1.51. The highest BCUT2D eigenvalue weighted by atomic mass is 16.5. The molecule has 2 N–H and O–H groups in total. The van der Waals surface area contributed by atoms with Crippen LogP contribution in [0.1, 0.15) is 6.42 Å². The van der Waals surface area contributed by atoms with Crippen LogP contribution < -0.4 is 20.1 Å². The van der Waals surface area contributed by atoms with Crippen molar-refractivity contribution in [3.05, 3.63) is 18.2 Å². The van der Waals surface area contributed by atoms with Gasteiger partial charge in [-0.1, -0.05) is 6.07 Å². The zero-order valence-corrected chi connectivity index (χ0v) is 10.7. The van der Waals surface area contributed by atoms with Crippen molar-refractivity contribution in [2.75, 3.05) is 32.2 Å². The predicted octanol–water partition coefficient (Wildman–Crippen LogP) is 1.02. The van der Waals surface area contributed by atoms with Gasteiger partial charge in [0.2, 0.25) is 5.91 Å². The molecular weight excluding hydrogens is 232 g/mol. The van der Waals surface area contributed by atoms with Crippen molar-refractivity contribution in [3.8, 4) is 11.5 Å². The third kappa shape index (κ3) is 2.13. The van der Waals surface area contributed by atoms with Crippen LogP contribution in [0, 0.1) is 5.92 Å². The fraction of sp³-hybridized carbons (Fsp3) is 0.462. The molecule has 18 heavy (non-hydrogen) atoms. The summed E-state index contributed by atoms with van der Waals surface area (Å²) < 4.78 is 10.6. The molecule has 0 spiro atoms. The van der Waals surface area contributed by atoms with E-state index < -0.39 is 0 Å². The first-order chi connectivity index (χ1) is 8.71. The van der Waals surface area contributed by atoms with Gasteiger partial charge >= 0.3 is 0 Å². The van der Waals surface area contributed by atoms with E-state index in [1.165, 1.54) is 0 Å². The minimum atomic E-state index is 0.0806. The third-order valence-corrected chi connectivity index (χ3v) is 3.21. The Bertz CT molecular complexity index is 448. The fourth-order valence-electron chi connectivity index (χ4n) is 2.25. The zero-order valence-electron chi connectivity index (χ0n) is 10.7. The number of ether oxygens (including phenoxy) is 2. The molecule has 1 saturated heterocycles. The van der Waals surface area contributed by atoms with Gasteiger partial charge in [-0.2, -0.15) is 0 Å². The second kappa shape index (κ2) is 5.27. The monoisotopic (exact) mass is 250 g/mol. The summed E-state index contributed by atoms with van der Waals surface area (Å²) in [6, 6.07) is 5.52. The van der Waals surface area contributed by atoms with Gasteiger partial charge in [-0.25, -0.2) is 0 Å². The van der Waals surface area contributed by atoms with Crippen LogP contribution in [0.4, 0.5) is 5.69 Å². The highest BCUT2D eigenvalue weighted by Gasteiger charge is 2.31. The van der Waals surface area contributed by atoms with Crippen molar-refractivity contribution < 1.29 is 14.3 Å². The minimum Gasteiger partial charge on any atom is -0.493 e. The van der Waals surface area contributed by atoms with E-state index in [1.54, 1.807) is 19.1 Å². The number of anilines is 1. The van der Waals surface area contributed by atoms with E-state index in [9.17, 15) is 4.79 Å². The topological polar surface area (TPSA) is 64.8 Å². The largest absolute Gasteiger partial charge is 0.493 e. The van der Waals surface area contributed by atoms with Crippen molar-refractivity contribution in [2.24, 2.45) is 11.7 Å². The molecule has 0 bridgehead atoms. The van der Waals surface area contributed by atoms with Crippen molar-refractivity contribution in [1.29, 1.82) is 0 Å². The summed E-state index contributed by atoms with van der Waals surface area (Å²) >= 11 is 0. The summed E-state index contributed by atoms with van der Waals surface area (Å²) in [6.07, 6.45) is 0.497. The number of nitrogens with zero attached hydrogens (tertiary/aromatic N) is 1. The van der Waals surface area contributed by atoms with E-state index in [-0.39, 0.29) is 11.8 Å². The number of hydrogen-bond acceptors (Lipinski definition) is 4. The molecule has 0 aromatic heterocycles. The number of nitrogens with two attached hydrogens (primary N) is 1. The van der Waals surface area contributed by atoms with Crippen LogP contribution in [0.15, 0.2) is 18.2 Å². The number of carbonyl (C=O) groups excluding carboxylic acids is 1.